The second kappa shape index (κ2) is 3.60. The molecule has 0 aliphatic rings. The molecule has 0 amide bonds. The Hall–Kier alpha value is 0.270. The van der Waals surface area contributed by atoms with Gasteiger partial charge in [-0.15, -0.1) is 0 Å². The monoisotopic (exact) mass is 237 g/mol. The molecule has 0 saturated carbocycles. The van der Waals surface area contributed by atoms with Crippen LogP contribution in [0.5, 0.6) is 0 Å². The number of rotatable bonds is 1. The fraction of sp³-hybridized carbons (Fsp3) is 0.167. The van der Waals surface area contributed by atoms with Crippen LogP contribution in [0.3, 0.4) is 0 Å². The molecule has 0 unspecified atom stereocenters. The maximum absolute atomic E-state index is 5.72. The maximum Gasteiger partial charge on any atom is 0.133 e. The molecule has 1 nitrogen and oxygen atoms in total. The Morgan fingerprint density at radius 3 is 2.90 bits per heavy atom. The van der Waals surface area contributed by atoms with Crippen LogP contribution in [0.15, 0.2) is 16.7 Å². The zero-order valence-electron chi connectivity index (χ0n) is 5.01. The van der Waals surface area contributed by atoms with Crippen molar-refractivity contribution < 1.29 is 0 Å². The number of pyridine rings is 1. The van der Waals surface area contributed by atoms with E-state index in [1.165, 1.54) is 0 Å². The summed E-state index contributed by atoms with van der Waals surface area (Å²) in [5.74, 6) is 0.616. The Bertz CT molecular complexity index is 241. The van der Waals surface area contributed by atoms with Crippen molar-refractivity contribution in [2.24, 2.45) is 0 Å². The van der Waals surface area contributed by atoms with Crippen molar-refractivity contribution in [2.45, 2.75) is 5.75 Å². The van der Waals surface area contributed by atoms with Gasteiger partial charge in [-0.05, 0) is 22.0 Å². The molecule has 1 aromatic rings. The van der Waals surface area contributed by atoms with E-state index in [-0.39, 0.29) is 0 Å². The van der Waals surface area contributed by atoms with Crippen molar-refractivity contribution in [3.8, 4) is 0 Å². The highest BCUT2D eigenvalue weighted by atomic mass is 79.9. The van der Waals surface area contributed by atoms with Gasteiger partial charge in [-0.1, -0.05) is 11.6 Å². The van der Waals surface area contributed by atoms with Crippen LogP contribution in [0.4, 0.5) is 0 Å². The van der Waals surface area contributed by atoms with Crippen LogP contribution in [0.2, 0.25) is 5.15 Å². The Kier molecular flexibility index (Phi) is 3.01. The first-order valence-corrected chi connectivity index (χ1v) is 4.45. The first-order chi connectivity index (χ1) is 4.74. The molecule has 0 aromatic carbocycles. The average molecular weight is 239 g/mol. The lowest BCUT2D eigenvalue weighted by molar-refractivity contribution is 1.24. The minimum atomic E-state index is 0.526. The van der Waals surface area contributed by atoms with Gasteiger partial charge in [-0.25, -0.2) is 4.98 Å². The molecule has 0 fully saturated rings. The van der Waals surface area contributed by atoms with E-state index in [1.807, 2.05) is 6.07 Å². The standard InChI is InChI=1S/C6H5BrClNS/c7-5-1-4(3-10)6(8)9-2-5/h1-2,10H,3H2. The number of aromatic nitrogens is 1. The lowest BCUT2D eigenvalue weighted by Gasteiger charge is -1.97. The summed E-state index contributed by atoms with van der Waals surface area (Å²) in [4.78, 5) is 3.92. The fourth-order valence-corrected chi connectivity index (χ4v) is 1.46. The topological polar surface area (TPSA) is 12.9 Å². The van der Waals surface area contributed by atoms with Gasteiger partial charge in [0.25, 0.3) is 0 Å². The molecule has 0 aliphatic heterocycles. The second-order valence-electron chi connectivity index (χ2n) is 1.76. The second-order valence-corrected chi connectivity index (χ2v) is 3.35. The van der Waals surface area contributed by atoms with Crippen LogP contribution in [0, 0.1) is 0 Å². The van der Waals surface area contributed by atoms with Crippen LogP contribution < -0.4 is 0 Å². The van der Waals surface area contributed by atoms with E-state index < -0.39 is 0 Å². The summed E-state index contributed by atoms with van der Waals surface area (Å²) < 4.78 is 0.931. The number of halogens is 2. The summed E-state index contributed by atoms with van der Waals surface area (Å²) in [7, 11) is 0. The molecule has 0 radical (unpaired) electrons. The third-order valence-corrected chi connectivity index (χ3v) is 2.16. The largest absolute Gasteiger partial charge is 0.243 e. The van der Waals surface area contributed by atoms with Gasteiger partial charge in [0.1, 0.15) is 5.15 Å². The van der Waals surface area contributed by atoms with Crippen molar-refractivity contribution in [1.29, 1.82) is 0 Å². The molecule has 0 N–H and O–H groups in total. The van der Waals surface area contributed by atoms with Crippen LogP contribution in [-0.4, -0.2) is 4.98 Å². The smallest absolute Gasteiger partial charge is 0.133 e. The first kappa shape index (κ1) is 8.37. The highest BCUT2D eigenvalue weighted by Crippen LogP contribution is 2.18. The van der Waals surface area contributed by atoms with Gasteiger partial charge in [0.2, 0.25) is 0 Å². The van der Waals surface area contributed by atoms with Gasteiger partial charge in [0.05, 0.1) is 0 Å². The van der Waals surface area contributed by atoms with Gasteiger partial charge < -0.3 is 0 Å². The zero-order chi connectivity index (χ0) is 7.56. The predicted molar refractivity (Wildman–Crippen MR) is 49.6 cm³/mol. The van der Waals surface area contributed by atoms with Gasteiger partial charge in [0.15, 0.2) is 0 Å². The number of hydrogen-bond donors (Lipinski definition) is 1. The Morgan fingerprint density at radius 1 is 1.70 bits per heavy atom. The first-order valence-electron chi connectivity index (χ1n) is 2.65. The highest BCUT2D eigenvalue weighted by molar-refractivity contribution is 9.10. The molecule has 0 atom stereocenters. The van der Waals surface area contributed by atoms with E-state index in [9.17, 15) is 0 Å². The molecule has 4 heteroatoms. The molecule has 0 bridgehead atoms. The SMILES string of the molecule is SCc1cc(Br)cnc1Cl. The quantitative estimate of drug-likeness (QED) is 0.586. The predicted octanol–water partition coefficient (Wildman–Crippen LogP) is 2.93. The molecular weight excluding hydrogens is 233 g/mol. The van der Waals surface area contributed by atoms with E-state index in [4.69, 9.17) is 11.6 Å². The van der Waals surface area contributed by atoms with Crippen LogP contribution >= 0.6 is 40.2 Å². The van der Waals surface area contributed by atoms with Crippen LogP contribution in [0.1, 0.15) is 5.56 Å². The van der Waals surface area contributed by atoms with Crippen molar-refractivity contribution in [1.82, 2.24) is 4.98 Å². The van der Waals surface area contributed by atoms with Gasteiger partial charge in [-0.2, -0.15) is 12.6 Å². The summed E-state index contributed by atoms with van der Waals surface area (Å²) in [5, 5.41) is 0.526. The third-order valence-electron chi connectivity index (χ3n) is 1.05. The van der Waals surface area contributed by atoms with E-state index >= 15 is 0 Å². The summed E-state index contributed by atoms with van der Waals surface area (Å²) in [6, 6.07) is 1.91. The van der Waals surface area contributed by atoms with Crippen LogP contribution in [0.25, 0.3) is 0 Å². The lowest BCUT2D eigenvalue weighted by Crippen LogP contribution is -1.83. The molecule has 1 heterocycles. The molecule has 1 rings (SSSR count). The average Bonchev–Trinajstić information content (AvgIpc) is 1.94. The van der Waals surface area contributed by atoms with E-state index in [0.29, 0.717) is 10.9 Å². The summed E-state index contributed by atoms with van der Waals surface area (Å²) in [6.45, 7) is 0. The fourth-order valence-electron chi connectivity index (χ4n) is 0.575. The minimum absolute atomic E-state index is 0.526. The normalized spacial score (nSPS) is 9.90. The summed E-state index contributed by atoms with van der Waals surface area (Å²) in [5.41, 5.74) is 0.944. The maximum atomic E-state index is 5.72. The molecule has 1 aromatic heterocycles. The highest BCUT2D eigenvalue weighted by Gasteiger charge is 1.98. The van der Waals surface area contributed by atoms with Gasteiger partial charge in [0, 0.05) is 22.0 Å². The molecule has 0 aliphatic carbocycles. The molecular formula is C6H5BrClNS. The molecule has 0 saturated heterocycles. The van der Waals surface area contributed by atoms with Crippen molar-refractivity contribution in [3.63, 3.8) is 0 Å². The van der Waals surface area contributed by atoms with Crippen molar-refractivity contribution in [3.05, 3.63) is 27.5 Å². The lowest BCUT2D eigenvalue weighted by atomic mass is 10.3. The number of hydrogen-bond acceptors (Lipinski definition) is 2. The van der Waals surface area contributed by atoms with Crippen molar-refractivity contribution in [2.75, 3.05) is 0 Å². The molecule has 54 valence electrons. The van der Waals surface area contributed by atoms with E-state index in [1.54, 1.807) is 6.20 Å². The minimum Gasteiger partial charge on any atom is -0.243 e. The number of thiol groups is 1. The zero-order valence-corrected chi connectivity index (χ0v) is 8.25. The van der Waals surface area contributed by atoms with E-state index in [0.717, 1.165) is 10.0 Å². The molecule has 0 spiro atoms. The Balaban J connectivity index is 3.09. The van der Waals surface area contributed by atoms with E-state index in [2.05, 4.69) is 33.5 Å². The molecule has 10 heavy (non-hydrogen) atoms. The Labute approximate surface area is 78.3 Å². The van der Waals surface area contributed by atoms with Crippen molar-refractivity contribution >= 4 is 40.2 Å². The van der Waals surface area contributed by atoms with Gasteiger partial charge in [-0.3, -0.25) is 0 Å². The van der Waals surface area contributed by atoms with Gasteiger partial charge >= 0.3 is 0 Å². The number of nitrogens with zero attached hydrogens (tertiary/aromatic N) is 1. The van der Waals surface area contributed by atoms with Crippen LogP contribution in [-0.2, 0) is 5.75 Å². The Morgan fingerprint density at radius 2 is 2.40 bits per heavy atom. The summed E-state index contributed by atoms with van der Waals surface area (Å²) in [6.07, 6.45) is 1.66. The summed E-state index contributed by atoms with van der Waals surface area (Å²) >= 11 is 13.1. The third kappa shape index (κ3) is 1.87.